The number of carbonyl (C=O) groups is 1. The Morgan fingerprint density at radius 2 is 1.96 bits per heavy atom. The minimum atomic E-state index is -0.777. The van der Waals surface area contributed by atoms with Gasteiger partial charge in [0.05, 0.1) is 6.10 Å². The summed E-state index contributed by atoms with van der Waals surface area (Å²) in [6.45, 7) is 8.40. The zero-order valence-corrected chi connectivity index (χ0v) is 16.6. The van der Waals surface area contributed by atoms with Gasteiger partial charge in [0, 0.05) is 37.6 Å². The number of nitrogens with two attached hydrogens (primary N) is 1. The first-order valence-electron chi connectivity index (χ1n) is 8.10. The standard InChI is InChI=1S/C16H31N3O2.2ClH/c1-6-21-13-10-16(17,15(13,2)3)14(20)19-9-7-8-12(11-19)18(4)5;;/h12-13H,6-11,17H2,1-5H3;2*1H. The molecule has 2 N–H and O–H groups in total. The molecule has 0 spiro atoms. The Bertz CT molecular complexity index is 407. The largest absolute Gasteiger partial charge is 0.378 e. The summed E-state index contributed by atoms with van der Waals surface area (Å²) >= 11 is 0. The molecule has 23 heavy (non-hydrogen) atoms. The average Bonchev–Trinajstić information content (AvgIpc) is 2.46. The van der Waals surface area contributed by atoms with E-state index in [-0.39, 0.29) is 42.2 Å². The summed E-state index contributed by atoms with van der Waals surface area (Å²) in [5.41, 5.74) is 5.44. The number of amides is 1. The Hall–Kier alpha value is -0.0700. The minimum Gasteiger partial charge on any atom is -0.378 e. The van der Waals surface area contributed by atoms with Gasteiger partial charge < -0.3 is 20.3 Å². The summed E-state index contributed by atoms with van der Waals surface area (Å²) in [4.78, 5) is 17.1. The second-order valence-corrected chi connectivity index (χ2v) is 7.35. The third-order valence-electron chi connectivity index (χ3n) is 5.63. The van der Waals surface area contributed by atoms with Crippen molar-refractivity contribution in [3.05, 3.63) is 0 Å². The Balaban J connectivity index is 0.00000242. The summed E-state index contributed by atoms with van der Waals surface area (Å²) in [7, 11) is 4.16. The summed E-state index contributed by atoms with van der Waals surface area (Å²) in [5, 5.41) is 0. The first-order valence-corrected chi connectivity index (χ1v) is 8.10. The molecule has 2 aliphatic rings. The number of likely N-dealkylation sites (N-methyl/N-ethyl adjacent to an activating group) is 1. The van der Waals surface area contributed by atoms with Gasteiger partial charge >= 0.3 is 0 Å². The molecule has 1 aliphatic heterocycles. The first-order chi connectivity index (χ1) is 9.74. The maximum absolute atomic E-state index is 13.0. The number of carbonyl (C=O) groups excluding carboxylic acids is 1. The monoisotopic (exact) mass is 369 g/mol. The van der Waals surface area contributed by atoms with Crippen LogP contribution < -0.4 is 5.73 Å². The Morgan fingerprint density at radius 3 is 2.43 bits per heavy atom. The van der Waals surface area contributed by atoms with Gasteiger partial charge in [-0.15, -0.1) is 24.8 Å². The van der Waals surface area contributed by atoms with Gasteiger partial charge in [-0.3, -0.25) is 4.79 Å². The molecular formula is C16H33Cl2N3O2. The zero-order valence-electron chi connectivity index (χ0n) is 15.0. The van der Waals surface area contributed by atoms with E-state index in [0.717, 1.165) is 25.9 Å². The Morgan fingerprint density at radius 1 is 1.35 bits per heavy atom. The van der Waals surface area contributed by atoms with E-state index < -0.39 is 5.54 Å². The van der Waals surface area contributed by atoms with E-state index in [0.29, 0.717) is 19.1 Å². The molecule has 0 aromatic carbocycles. The van der Waals surface area contributed by atoms with E-state index in [4.69, 9.17) is 10.5 Å². The van der Waals surface area contributed by atoms with Gasteiger partial charge in [-0.25, -0.2) is 0 Å². The summed E-state index contributed by atoms with van der Waals surface area (Å²) in [5.74, 6) is 0.106. The van der Waals surface area contributed by atoms with Crippen molar-refractivity contribution in [2.24, 2.45) is 11.1 Å². The van der Waals surface area contributed by atoms with Crippen LogP contribution >= 0.6 is 24.8 Å². The van der Waals surface area contributed by atoms with Crippen molar-refractivity contribution in [1.82, 2.24) is 9.80 Å². The highest BCUT2D eigenvalue weighted by Gasteiger charge is 2.63. The summed E-state index contributed by atoms with van der Waals surface area (Å²) in [6, 6.07) is 0.442. The van der Waals surface area contributed by atoms with E-state index in [1.165, 1.54) is 0 Å². The van der Waals surface area contributed by atoms with Gasteiger partial charge in [0.2, 0.25) is 5.91 Å². The number of piperidine rings is 1. The van der Waals surface area contributed by atoms with Crippen LogP contribution in [0.4, 0.5) is 0 Å². The predicted octanol–water partition coefficient (Wildman–Crippen LogP) is 1.92. The van der Waals surface area contributed by atoms with Crippen molar-refractivity contribution in [1.29, 1.82) is 0 Å². The van der Waals surface area contributed by atoms with Gasteiger partial charge in [0.25, 0.3) is 0 Å². The second-order valence-electron chi connectivity index (χ2n) is 7.35. The molecule has 0 aromatic rings. The second kappa shape index (κ2) is 8.34. The zero-order chi connectivity index (χ0) is 15.8. The summed E-state index contributed by atoms with van der Waals surface area (Å²) in [6.07, 6.45) is 2.93. The van der Waals surface area contributed by atoms with Crippen LogP contribution in [-0.4, -0.2) is 67.2 Å². The average molecular weight is 370 g/mol. The van der Waals surface area contributed by atoms with Gasteiger partial charge in [0.1, 0.15) is 5.54 Å². The molecule has 0 radical (unpaired) electrons. The van der Waals surface area contributed by atoms with Crippen molar-refractivity contribution in [3.8, 4) is 0 Å². The highest BCUT2D eigenvalue weighted by Crippen LogP contribution is 2.50. The van der Waals surface area contributed by atoms with Crippen molar-refractivity contribution in [2.45, 2.75) is 57.7 Å². The highest BCUT2D eigenvalue weighted by atomic mass is 35.5. The number of rotatable bonds is 4. The van der Waals surface area contributed by atoms with Crippen LogP contribution in [0.3, 0.4) is 0 Å². The van der Waals surface area contributed by atoms with Crippen LogP contribution in [0, 0.1) is 5.41 Å². The van der Waals surface area contributed by atoms with Crippen molar-refractivity contribution >= 4 is 30.7 Å². The maximum Gasteiger partial charge on any atom is 0.243 e. The summed E-state index contributed by atoms with van der Waals surface area (Å²) < 4.78 is 5.73. The number of hydrogen-bond acceptors (Lipinski definition) is 4. The normalized spacial score (nSPS) is 32.6. The van der Waals surface area contributed by atoms with Crippen molar-refractivity contribution in [3.63, 3.8) is 0 Å². The number of nitrogens with zero attached hydrogens (tertiary/aromatic N) is 2. The fourth-order valence-corrected chi connectivity index (χ4v) is 3.64. The molecule has 1 saturated heterocycles. The minimum absolute atomic E-state index is 0. The number of ether oxygens (including phenoxy) is 1. The molecule has 1 amide bonds. The molecule has 2 rings (SSSR count). The molecule has 1 heterocycles. The van der Waals surface area contributed by atoms with Gasteiger partial charge in [-0.1, -0.05) is 13.8 Å². The maximum atomic E-state index is 13.0. The fraction of sp³-hybridized carbons (Fsp3) is 0.938. The Labute approximate surface area is 153 Å². The van der Waals surface area contributed by atoms with Gasteiger partial charge in [-0.05, 0) is 33.9 Å². The van der Waals surface area contributed by atoms with Crippen molar-refractivity contribution in [2.75, 3.05) is 33.8 Å². The number of likely N-dealkylation sites (tertiary alicyclic amines) is 1. The lowest BCUT2D eigenvalue weighted by atomic mass is 9.54. The smallest absolute Gasteiger partial charge is 0.243 e. The van der Waals surface area contributed by atoms with Crippen LogP contribution in [0.1, 0.15) is 40.0 Å². The number of halogens is 2. The topological polar surface area (TPSA) is 58.8 Å². The van der Waals surface area contributed by atoms with Crippen LogP contribution in [-0.2, 0) is 9.53 Å². The van der Waals surface area contributed by atoms with Gasteiger partial charge in [-0.2, -0.15) is 0 Å². The Kier molecular flexibility index (Phi) is 8.32. The van der Waals surface area contributed by atoms with Crippen molar-refractivity contribution < 1.29 is 9.53 Å². The lowest BCUT2D eigenvalue weighted by Crippen LogP contribution is -2.76. The third kappa shape index (κ3) is 3.96. The quantitative estimate of drug-likeness (QED) is 0.822. The fourth-order valence-electron chi connectivity index (χ4n) is 3.64. The molecule has 0 bridgehead atoms. The third-order valence-corrected chi connectivity index (χ3v) is 5.63. The molecule has 2 fully saturated rings. The molecule has 1 aliphatic carbocycles. The SMILES string of the molecule is CCOC1CC(N)(C(=O)N2CCCC(N(C)C)C2)C1(C)C.Cl.Cl. The molecule has 1 saturated carbocycles. The lowest BCUT2D eigenvalue weighted by molar-refractivity contribution is -0.180. The molecule has 7 heteroatoms. The predicted molar refractivity (Wildman–Crippen MR) is 98.5 cm³/mol. The van der Waals surface area contributed by atoms with E-state index >= 15 is 0 Å². The van der Waals surface area contributed by atoms with E-state index in [1.807, 2.05) is 11.8 Å². The first kappa shape index (κ1) is 22.9. The molecule has 3 unspecified atom stereocenters. The van der Waals surface area contributed by atoms with Gasteiger partial charge in [0.15, 0.2) is 0 Å². The lowest BCUT2D eigenvalue weighted by Gasteiger charge is -2.59. The highest BCUT2D eigenvalue weighted by molar-refractivity contribution is 5.89. The number of hydrogen-bond donors (Lipinski definition) is 1. The molecular weight excluding hydrogens is 337 g/mol. The van der Waals surface area contributed by atoms with Crippen LogP contribution in [0.2, 0.25) is 0 Å². The molecule has 138 valence electrons. The van der Waals surface area contributed by atoms with Crippen LogP contribution in [0.25, 0.3) is 0 Å². The van der Waals surface area contributed by atoms with E-state index in [2.05, 4.69) is 32.8 Å². The molecule has 5 nitrogen and oxygen atoms in total. The molecule has 3 atom stereocenters. The van der Waals surface area contributed by atoms with Crippen LogP contribution in [0.5, 0.6) is 0 Å². The van der Waals surface area contributed by atoms with E-state index in [1.54, 1.807) is 0 Å². The van der Waals surface area contributed by atoms with E-state index in [9.17, 15) is 4.79 Å². The van der Waals surface area contributed by atoms with Crippen LogP contribution in [0.15, 0.2) is 0 Å². The molecule has 0 aromatic heterocycles.